The van der Waals surface area contributed by atoms with Gasteiger partial charge in [0.2, 0.25) is 5.91 Å². The van der Waals surface area contributed by atoms with Crippen LogP contribution in [-0.4, -0.2) is 60.9 Å². The van der Waals surface area contributed by atoms with Gasteiger partial charge in [-0.15, -0.1) is 0 Å². The number of halogens is 1. The van der Waals surface area contributed by atoms with Gasteiger partial charge in [-0.2, -0.15) is 0 Å². The van der Waals surface area contributed by atoms with Crippen molar-refractivity contribution in [3.05, 3.63) is 24.1 Å². The lowest BCUT2D eigenvalue weighted by atomic mass is 10.1. The second-order valence-corrected chi connectivity index (χ2v) is 5.45. The molecule has 3 atom stereocenters. The van der Waals surface area contributed by atoms with Crippen LogP contribution in [0.25, 0.3) is 0 Å². The molecule has 1 amide bonds. The minimum Gasteiger partial charge on any atom is -0.467 e. The van der Waals surface area contributed by atoms with Crippen molar-refractivity contribution in [2.45, 2.75) is 31.1 Å². The van der Waals surface area contributed by atoms with E-state index >= 15 is 0 Å². The van der Waals surface area contributed by atoms with Crippen LogP contribution in [0.4, 0.5) is 4.39 Å². The number of carbonyl (C=O) groups excluding carboxylic acids is 1. The fraction of sp³-hybridized carbons (Fsp3) is 0.600. The Labute approximate surface area is 128 Å². The van der Waals surface area contributed by atoms with Gasteiger partial charge in [0, 0.05) is 19.9 Å². The van der Waals surface area contributed by atoms with Gasteiger partial charge >= 0.3 is 0 Å². The van der Waals surface area contributed by atoms with Gasteiger partial charge < -0.3 is 19.1 Å². The van der Waals surface area contributed by atoms with Crippen molar-refractivity contribution < 1.29 is 23.4 Å². The Hall–Kier alpha value is -1.73. The highest BCUT2D eigenvalue weighted by atomic mass is 19.1. The molecule has 1 aromatic heterocycles. The summed E-state index contributed by atoms with van der Waals surface area (Å²) >= 11 is 0. The van der Waals surface area contributed by atoms with Crippen molar-refractivity contribution in [1.29, 1.82) is 0 Å². The van der Waals surface area contributed by atoms with E-state index in [9.17, 15) is 9.18 Å². The zero-order valence-electron chi connectivity index (χ0n) is 12.4. The van der Waals surface area contributed by atoms with Crippen LogP contribution >= 0.6 is 0 Å². The van der Waals surface area contributed by atoms with Gasteiger partial charge in [0.15, 0.2) is 5.82 Å². The number of pyridine rings is 1. The van der Waals surface area contributed by atoms with Crippen LogP contribution < -0.4 is 4.74 Å². The van der Waals surface area contributed by atoms with Crippen LogP contribution in [0.1, 0.15) is 12.8 Å². The summed E-state index contributed by atoms with van der Waals surface area (Å²) in [6.45, 7) is 0.959. The van der Waals surface area contributed by atoms with E-state index in [0.29, 0.717) is 13.2 Å². The third-order valence-corrected chi connectivity index (χ3v) is 4.12. The van der Waals surface area contributed by atoms with Crippen LogP contribution in [0.2, 0.25) is 0 Å². The number of ether oxygens (including phenoxy) is 3. The molecule has 0 N–H and O–H groups in total. The van der Waals surface area contributed by atoms with E-state index in [1.54, 1.807) is 4.90 Å². The fourth-order valence-electron chi connectivity index (χ4n) is 3.15. The Morgan fingerprint density at radius 1 is 1.55 bits per heavy atom. The van der Waals surface area contributed by atoms with Crippen LogP contribution in [0.15, 0.2) is 18.3 Å². The first-order valence-electron chi connectivity index (χ1n) is 7.38. The summed E-state index contributed by atoms with van der Waals surface area (Å²) in [4.78, 5) is 17.9. The molecule has 2 aliphatic rings. The molecule has 3 rings (SSSR count). The quantitative estimate of drug-likeness (QED) is 0.830. The molecule has 1 aliphatic heterocycles. The number of hydrogen-bond donors (Lipinski definition) is 0. The molecule has 1 saturated heterocycles. The highest BCUT2D eigenvalue weighted by Gasteiger charge is 2.45. The molecule has 2 bridgehead atoms. The molecule has 7 heteroatoms. The Bertz CT molecular complexity index is 542. The highest BCUT2D eigenvalue weighted by molar-refractivity contribution is 5.78. The summed E-state index contributed by atoms with van der Waals surface area (Å²) < 4.78 is 30.2. The third-order valence-electron chi connectivity index (χ3n) is 4.12. The predicted molar refractivity (Wildman–Crippen MR) is 75.0 cm³/mol. The van der Waals surface area contributed by atoms with E-state index in [0.717, 1.165) is 12.8 Å². The van der Waals surface area contributed by atoms with Crippen molar-refractivity contribution >= 4 is 5.91 Å². The zero-order chi connectivity index (χ0) is 15.5. The molecule has 1 aliphatic carbocycles. The number of hydrogen-bond acceptors (Lipinski definition) is 5. The van der Waals surface area contributed by atoms with Crippen molar-refractivity contribution in [3.63, 3.8) is 0 Å². The lowest BCUT2D eigenvalue weighted by Gasteiger charge is -2.31. The van der Waals surface area contributed by atoms with Crippen LogP contribution in [-0.2, 0) is 14.3 Å². The van der Waals surface area contributed by atoms with Crippen LogP contribution in [0, 0.1) is 5.82 Å². The Balaban J connectivity index is 1.80. The van der Waals surface area contributed by atoms with Crippen molar-refractivity contribution in [3.8, 4) is 5.88 Å². The average Bonchev–Trinajstić information content (AvgIpc) is 2.77. The summed E-state index contributed by atoms with van der Waals surface area (Å²) in [5.41, 5.74) is 0. The normalized spacial score (nSPS) is 27.5. The van der Waals surface area contributed by atoms with Gasteiger partial charge in [0.25, 0.3) is 5.88 Å². The second-order valence-electron chi connectivity index (χ2n) is 5.45. The van der Waals surface area contributed by atoms with Gasteiger partial charge in [-0.1, -0.05) is 0 Å². The summed E-state index contributed by atoms with van der Waals surface area (Å²) in [6.07, 6.45) is 2.46. The largest absolute Gasteiger partial charge is 0.467 e. The molecule has 1 saturated carbocycles. The summed E-state index contributed by atoms with van der Waals surface area (Å²) in [6, 6.07) is 2.67. The lowest BCUT2D eigenvalue weighted by molar-refractivity contribution is -0.138. The lowest BCUT2D eigenvalue weighted by Crippen LogP contribution is -2.48. The first-order valence-corrected chi connectivity index (χ1v) is 7.38. The number of amides is 1. The molecular weight excluding hydrogens is 291 g/mol. The minimum absolute atomic E-state index is 0.0197. The molecule has 2 heterocycles. The maximum atomic E-state index is 13.8. The number of carbonyl (C=O) groups is 1. The SMILES string of the molecule is COCC(=O)N1CCOC2CCC1C2Oc1ncccc1F. The van der Waals surface area contributed by atoms with Crippen LogP contribution in [0.3, 0.4) is 0 Å². The molecule has 3 unspecified atom stereocenters. The van der Waals surface area contributed by atoms with E-state index in [1.807, 2.05) is 0 Å². The van der Waals surface area contributed by atoms with E-state index in [-0.39, 0.29) is 30.5 Å². The Morgan fingerprint density at radius 2 is 2.41 bits per heavy atom. The molecule has 120 valence electrons. The van der Waals surface area contributed by atoms with E-state index in [1.165, 1.54) is 25.4 Å². The Morgan fingerprint density at radius 3 is 3.18 bits per heavy atom. The highest BCUT2D eigenvalue weighted by Crippen LogP contribution is 2.33. The van der Waals surface area contributed by atoms with E-state index in [4.69, 9.17) is 14.2 Å². The second kappa shape index (κ2) is 6.58. The standard InChI is InChI=1S/C15H19FN2O4/c1-20-9-13(19)18-7-8-21-12-5-4-11(18)14(12)22-15-10(16)3-2-6-17-15/h2-3,6,11-12,14H,4-5,7-9H2,1H3. The van der Waals surface area contributed by atoms with E-state index in [2.05, 4.69) is 4.98 Å². The number of fused-ring (bicyclic) bond motifs is 2. The number of aromatic nitrogens is 1. The van der Waals surface area contributed by atoms with E-state index < -0.39 is 11.9 Å². The van der Waals surface area contributed by atoms with Gasteiger partial charge in [-0.25, -0.2) is 9.37 Å². The number of methoxy groups -OCH3 is 1. The number of rotatable bonds is 4. The molecule has 1 aromatic rings. The fourth-order valence-corrected chi connectivity index (χ4v) is 3.15. The molecule has 0 spiro atoms. The van der Waals surface area contributed by atoms with Gasteiger partial charge in [-0.3, -0.25) is 4.79 Å². The summed E-state index contributed by atoms with van der Waals surface area (Å²) in [5.74, 6) is -0.663. The number of nitrogens with zero attached hydrogens (tertiary/aromatic N) is 2. The van der Waals surface area contributed by atoms with Gasteiger partial charge in [0.05, 0.1) is 18.8 Å². The van der Waals surface area contributed by atoms with Crippen molar-refractivity contribution in [2.75, 3.05) is 26.9 Å². The van der Waals surface area contributed by atoms with Crippen molar-refractivity contribution in [1.82, 2.24) is 9.88 Å². The summed E-state index contributed by atoms with van der Waals surface area (Å²) in [7, 11) is 1.49. The molecule has 0 aromatic carbocycles. The molecule has 6 nitrogen and oxygen atoms in total. The predicted octanol–water partition coefficient (Wildman–Crippen LogP) is 1.00. The zero-order valence-corrected chi connectivity index (χ0v) is 12.4. The molecule has 22 heavy (non-hydrogen) atoms. The maximum absolute atomic E-state index is 13.8. The average molecular weight is 310 g/mol. The smallest absolute Gasteiger partial charge is 0.250 e. The van der Waals surface area contributed by atoms with Crippen molar-refractivity contribution in [2.24, 2.45) is 0 Å². The van der Waals surface area contributed by atoms with Gasteiger partial charge in [-0.05, 0) is 25.0 Å². The Kier molecular flexibility index (Phi) is 4.54. The summed E-state index contributed by atoms with van der Waals surface area (Å²) in [5, 5.41) is 0. The third kappa shape index (κ3) is 2.91. The molecular formula is C15H19FN2O4. The monoisotopic (exact) mass is 310 g/mol. The first-order chi connectivity index (χ1) is 10.7. The van der Waals surface area contributed by atoms with Crippen LogP contribution in [0.5, 0.6) is 5.88 Å². The topological polar surface area (TPSA) is 60.9 Å². The van der Waals surface area contributed by atoms with Gasteiger partial charge in [0.1, 0.15) is 12.7 Å². The maximum Gasteiger partial charge on any atom is 0.250 e. The molecule has 2 fully saturated rings. The minimum atomic E-state index is -0.513. The molecule has 0 radical (unpaired) electrons. The first kappa shape index (κ1) is 15.2.